The second-order valence-corrected chi connectivity index (χ2v) is 6.88. The molecule has 6 heteroatoms. The summed E-state index contributed by atoms with van der Waals surface area (Å²) in [6.07, 6.45) is 1.50. The van der Waals surface area contributed by atoms with Crippen molar-refractivity contribution in [2.24, 2.45) is 11.7 Å². The molecule has 0 aliphatic carbocycles. The maximum absolute atomic E-state index is 13.0. The van der Waals surface area contributed by atoms with E-state index in [1.54, 1.807) is 17.0 Å². The van der Waals surface area contributed by atoms with E-state index >= 15 is 0 Å². The summed E-state index contributed by atoms with van der Waals surface area (Å²) in [5.74, 6) is -0.742. The van der Waals surface area contributed by atoms with Crippen molar-refractivity contribution < 1.29 is 9.59 Å². The molecule has 1 aliphatic rings. The predicted molar refractivity (Wildman–Crippen MR) is 93.9 cm³/mol. The number of rotatable bonds is 2. The lowest BCUT2D eigenvalue weighted by molar-refractivity contribution is -0.123. The number of aromatic nitrogens is 1. The van der Waals surface area contributed by atoms with Gasteiger partial charge in [0.05, 0.1) is 22.7 Å². The Bertz CT molecular complexity index is 821. The lowest BCUT2D eigenvalue weighted by Gasteiger charge is -2.37. The third-order valence-electron chi connectivity index (χ3n) is 4.74. The number of hydrogen-bond acceptors (Lipinski definition) is 3. The number of benzene rings is 1. The Morgan fingerprint density at radius 1 is 1.29 bits per heavy atom. The zero-order chi connectivity index (χ0) is 17.4. The Morgan fingerprint density at radius 3 is 2.75 bits per heavy atom. The zero-order valence-corrected chi connectivity index (χ0v) is 14.5. The number of amides is 2. The Labute approximate surface area is 145 Å². The van der Waals surface area contributed by atoms with E-state index in [4.69, 9.17) is 17.3 Å². The van der Waals surface area contributed by atoms with Crippen LogP contribution in [0.4, 0.5) is 0 Å². The van der Waals surface area contributed by atoms with Gasteiger partial charge >= 0.3 is 0 Å². The molecule has 126 valence electrons. The van der Waals surface area contributed by atoms with Crippen LogP contribution in [0.5, 0.6) is 0 Å². The summed E-state index contributed by atoms with van der Waals surface area (Å²) in [6, 6.07) is 7.31. The molecule has 3 rings (SSSR count). The predicted octanol–water partition coefficient (Wildman–Crippen LogP) is 2.92. The first kappa shape index (κ1) is 16.7. The number of carbonyl (C=O) groups excluding carboxylic acids is 2. The van der Waals surface area contributed by atoms with E-state index in [2.05, 4.69) is 4.98 Å². The number of likely N-dealkylation sites (tertiary alicyclic amines) is 1. The maximum atomic E-state index is 13.0. The molecule has 1 aliphatic heterocycles. The van der Waals surface area contributed by atoms with E-state index in [9.17, 15) is 9.59 Å². The third-order valence-corrected chi connectivity index (χ3v) is 4.98. The highest BCUT2D eigenvalue weighted by Gasteiger charge is 2.32. The molecule has 24 heavy (non-hydrogen) atoms. The highest BCUT2D eigenvalue weighted by Crippen LogP contribution is 2.26. The molecule has 2 aromatic rings. The average molecular weight is 346 g/mol. The molecule has 1 aromatic heterocycles. The van der Waals surface area contributed by atoms with Gasteiger partial charge in [0.1, 0.15) is 0 Å². The summed E-state index contributed by atoms with van der Waals surface area (Å²) < 4.78 is 0. The van der Waals surface area contributed by atoms with Crippen molar-refractivity contribution in [1.82, 2.24) is 9.88 Å². The van der Waals surface area contributed by atoms with Gasteiger partial charge in [-0.25, -0.2) is 0 Å². The van der Waals surface area contributed by atoms with Gasteiger partial charge in [-0.1, -0.05) is 11.6 Å². The summed E-state index contributed by atoms with van der Waals surface area (Å²) in [7, 11) is 0. The minimum absolute atomic E-state index is 0.0718. The smallest absolute Gasteiger partial charge is 0.255 e. The van der Waals surface area contributed by atoms with Crippen molar-refractivity contribution in [2.45, 2.75) is 32.7 Å². The van der Waals surface area contributed by atoms with Crippen LogP contribution in [0.1, 0.15) is 35.8 Å². The summed E-state index contributed by atoms with van der Waals surface area (Å²) in [5, 5.41) is 1.43. The van der Waals surface area contributed by atoms with E-state index in [0.29, 0.717) is 22.8 Å². The maximum Gasteiger partial charge on any atom is 0.255 e. The van der Waals surface area contributed by atoms with Crippen LogP contribution >= 0.6 is 11.6 Å². The topological polar surface area (TPSA) is 76.3 Å². The molecule has 0 unspecified atom stereocenters. The molecule has 1 aromatic carbocycles. The molecule has 0 spiro atoms. The van der Waals surface area contributed by atoms with Crippen LogP contribution in [0.25, 0.3) is 10.9 Å². The highest BCUT2D eigenvalue weighted by atomic mass is 35.5. The fourth-order valence-electron chi connectivity index (χ4n) is 3.24. The standard InChI is InChI=1S/C18H20ClN3O2/c1-10-3-4-12(17(20)23)9-22(10)18(24)15-8-13-7-14(19)5-6-16(13)21-11(15)2/h5-8,10,12H,3-4,9H2,1-2H3,(H2,20,23)/t10-,12+/m0/s1. The van der Waals surface area contributed by atoms with E-state index < -0.39 is 0 Å². The van der Waals surface area contributed by atoms with Gasteiger partial charge in [-0.2, -0.15) is 0 Å². The van der Waals surface area contributed by atoms with Gasteiger partial charge in [0.2, 0.25) is 5.91 Å². The zero-order valence-electron chi connectivity index (χ0n) is 13.8. The first-order valence-electron chi connectivity index (χ1n) is 8.04. The summed E-state index contributed by atoms with van der Waals surface area (Å²) in [6.45, 7) is 4.18. The first-order valence-corrected chi connectivity index (χ1v) is 8.42. The second kappa shape index (κ2) is 6.40. The molecule has 2 heterocycles. The number of hydrogen-bond donors (Lipinski definition) is 1. The number of nitrogens with two attached hydrogens (primary N) is 1. The number of nitrogens with zero attached hydrogens (tertiary/aromatic N) is 2. The molecule has 1 saturated heterocycles. The third kappa shape index (κ3) is 3.08. The molecule has 1 fully saturated rings. The van der Waals surface area contributed by atoms with Crippen molar-refractivity contribution in [2.75, 3.05) is 6.54 Å². The van der Waals surface area contributed by atoms with Gasteiger partial charge in [0.25, 0.3) is 5.91 Å². The fraction of sp³-hybridized carbons (Fsp3) is 0.389. The van der Waals surface area contributed by atoms with E-state index in [1.807, 2.05) is 26.0 Å². The Kier molecular flexibility index (Phi) is 4.45. The van der Waals surface area contributed by atoms with Crippen LogP contribution in [0, 0.1) is 12.8 Å². The molecular weight excluding hydrogens is 326 g/mol. The number of pyridine rings is 1. The number of primary amides is 1. The number of halogens is 1. The molecule has 0 bridgehead atoms. The van der Waals surface area contributed by atoms with Gasteiger partial charge in [-0.15, -0.1) is 0 Å². The Balaban J connectivity index is 1.97. The van der Waals surface area contributed by atoms with Gasteiger partial charge in [0.15, 0.2) is 0 Å². The van der Waals surface area contributed by atoms with Crippen molar-refractivity contribution in [3.05, 3.63) is 40.5 Å². The van der Waals surface area contributed by atoms with Crippen LogP contribution in [-0.4, -0.2) is 34.3 Å². The van der Waals surface area contributed by atoms with Crippen LogP contribution in [-0.2, 0) is 4.79 Å². The van der Waals surface area contributed by atoms with E-state index in [-0.39, 0.29) is 23.8 Å². The van der Waals surface area contributed by atoms with Crippen LogP contribution in [0.3, 0.4) is 0 Å². The van der Waals surface area contributed by atoms with Crippen LogP contribution < -0.4 is 5.73 Å². The largest absolute Gasteiger partial charge is 0.369 e. The number of carbonyl (C=O) groups is 2. The van der Waals surface area contributed by atoms with Crippen LogP contribution in [0.2, 0.25) is 5.02 Å². The normalized spacial score (nSPS) is 21.0. The van der Waals surface area contributed by atoms with Gasteiger partial charge in [-0.3, -0.25) is 14.6 Å². The molecule has 2 amide bonds. The SMILES string of the molecule is Cc1nc2ccc(Cl)cc2cc1C(=O)N1C[C@H](C(N)=O)CC[C@@H]1C. The highest BCUT2D eigenvalue weighted by molar-refractivity contribution is 6.31. The average Bonchev–Trinajstić information content (AvgIpc) is 2.54. The second-order valence-electron chi connectivity index (χ2n) is 6.44. The van der Waals surface area contributed by atoms with Gasteiger partial charge in [0, 0.05) is 23.0 Å². The molecular formula is C18H20ClN3O2. The monoisotopic (exact) mass is 345 g/mol. The Hall–Kier alpha value is -2.14. The number of aryl methyl sites for hydroxylation is 1. The van der Waals surface area contributed by atoms with E-state index in [1.165, 1.54) is 0 Å². The Morgan fingerprint density at radius 2 is 2.04 bits per heavy atom. The minimum Gasteiger partial charge on any atom is -0.369 e. The molecule has 2 N–H and O–H groups in total. The lowest BCUT2D eigenvalue weighted by Crippen LogP contribution is -2.48. The summed E-state index contributed by atoms with van der Waals surface area (Å²) >= 11 is 6.04. The van der Waals surface area contributed by atoms with Crippen molar-refractivity contribution in [1.29, 1.82) is 0 Å². The van der Waals surface area contributed by atoms with Crippen molar-refractivity contribution in [3.8, 4) is 0 Å². The molecule has 2 atom stereocenters. The van der Waals surface area contributed by atoms with E-state index in [0.717, 1.165) is 23.7 Å². The van der Waals surface area contributed by atoms with Crippen molar-refractivity contribution >= 4 is 34.3 Å². The van der Waals surface area contributed by atoms with Crippen LogP contribution in [0.15, 0.2) is 24.3 Å². The molecule has 0 radical (unpaired) electrons. The summed E-state index contributed by atoms with van der Waals surface area (Å²) in [5.41, 5.74) is 7.44. The lowest BCUT2D eigenvalue weighted by atomic mass is 9.92. The van der Waals surface area contributed by atoms with Gasteiger partial charge < -0.3 is 10.6 Å². The summed E-state index contributed by atoms with van der Waals surface area (Å²) in [4.78, 5) is 30.8. The fourth-order valence-corrected chi connectivity index (χ4v) is 3.42. The van der Waals surface area contributed by atoms with Crippen molar-refractivity contribution in [3.63, 3.8) is 0 Å². The quantitative estimate of drug-likeness (QED) is 0.909. The number of fused-ring (bicyclic) bond motifs is 1. The minimum atomic E-state index is -0.347. The molecule has 0 saturated carbocycles. The first-order chi connectivity index (χ1) is 11.4. The van der Waals surface area contributed by atoms with Gasteiger partial charge in [-0.05, 0) is 51.0 Å². The molecule has 5 nitrogen and oxygen atoms in total. The number of piperidine rings is 1.